The predicted molar refractivity (Wildman–Crippen MR) is 208 cm³/mol. The number of nitrogens with zero attached hydrogens (tertiary/aromatic N) is 4. The Labute approximate surface area is 317 Å². The first-order chi connectivity index (χ1) is 24.9. The van der Waals surface area contributed by atoms with Crippen LogP contribution in [-0.4, -0.2) is 15.6 Å². The van der Waals surface area contributed by atoms with Crippen molar-refractivity contribution in [1.82, 2.24) is 18.7 Å². The second-order valence-electron chi connectivity index (χ2n) is 13.8. The average molecular weight is 854 g/mol. The standard InChI is InChI=1S/C46H34N4O.Pt/c1-46(2,3)34-25-26-47-45(28-34)50-41-23-21-33(32-13-6-4-7-14-32)27-39(41)40-30-38(22-24-42(40)50)51-37-18-12-17-36(29-37)49-31-48(35-15-8-5-9-16-35)43-19-10-11-20-44(43)49;/h4-21,23-28,30H,1-3H3;/q;+2. The summed E-state index contributed by atoms with van der Waals surface area (Å²) >= 11 is 0. The van der Waals surface area contributed by atoms with E-state index in [4.69, 9.17) is 9.72 Å². The van der Waals surface area contributed by atoms with Gasteiger partial charge in [-0.3, -0.25) is 0 Å². The summed E-state index contributed by atoms with van der Waals surface area (Å²) in [6.45, 7) is 6.68. The second kappa shape index (κ2) is 13.4. The van der Waals surface area contributed by atoms with Crippen LogP contribution >= 0.6 is 0 Å². The Balaban J connectivity index is 0.00000387. The number of ether oxygens (including phenoxy) is 1. The van der Waals surface area contributed by atoms with E-state index in [2.05, 4.69) is 133 Å². The van der Waals surface area contributed by atoms with Crippen molar-refractivity contribution in [3.63, 3.8) is 0 Å². The molecular weight excluding hydrogens is 820 g/mol. The van der Waals surface area contributed by atoms with Gasteiger partial charge in [0.15, 0.2) is 0 Å². The van der Waals surface area contributed by atoms with E-state index in [-0.39, 0.29) is 26.5 Å². The second-order valence-corrected chi connectivity index (χ2v) is 13.8. The van der Waals surface area contributed by atoms with Gasteiger partial charge in [-0.05, 0) is 56.3 Å². The average Bonchev–Trinajstić information content (AvgIpc) is 3.71. The summed E-state index contributed by atoms with van der Waals surface area (Å²) < 4.78 is 12.9. The Morgan fingerprint density at radius 3 is 2.13 bits per heavy atom. The Morgan fingerprint density at radius 1 is 0.654 bits per heavy atom. The monoisotopic (exact) mass is 853 g/mol. The first-order valence-electron chi connectivity index (χ1n) is 17.1. The largest absolute Gasteiger partial charge is 2.00 e. The van der Waals surface area contributed by atoms with Crippen molar-refractivity contribution < 1.29 is 25.8 Å². The van der Waals surface area contributed by atoms with Crippen LogP contribution in [0.2, 0.25) is 0 Å². The van der Waals surface area contributed by atoms with Crippen LogP contribution in [0.4, 0.5) is 22.7 Å². The van der Waals surface area contributed by atoms with E-state index in [1.807, 2.05) is 71.4 Å². The van der Waals surface area contributed by atoms with Crippen molar-refractivity contribution in [1.29, 1.82) is 0 Å². The zero-order valence-electron chi connectivity index (χ0n) is 28.9. The number of pyridine rings is 1. The molecule has 0 aliphatic carbocycles. The van der Waals surface area contributed by atoms with E-state index < -0.39 is 0 Å². The van der Waals surface area contributed by atoms with Crippen molar-refractivity contribution in [2.24, 2.45) is 0 Å². The Bertz CT molecular complexity index is 2680. The van der Waals surface area contributed by atoms with Gasteiger partial charge in [-0.1, -0.05) is 115 Å². The fourth-order valence-electron chi connectivity index (χ4n) is 6.82. The van der Waals surface area contributed by atoms with Crippen molar-refractivity contribution in [3.05, 3.63) is 169 Å². The fraction of sp³-hybridized carbons (Fsp3) is 0.0870. The van der Waals surface area contributed by atoms with Crippen molar-refractivity contribution in [3.8, 4) is 28.4 Å². The van der Waals surface area contributed by atoms with E-state index in [0.717, 1.165) is 55.9 Å². The SMILES string of the molecule is CC(C)(C)c1ccnc(-n2c3c[c-]c(Oc4[c-]c([N+]5=C=[N+](c6ccccc6)c6ccccc65)ccc4)cc3c3cc(-c4ccccc4)ccc32)c1.[Pt+2]. The fourth-order valence-corrected chi connectivity index (χ4v) is 6.82. The van der Waals surface area contributed by atoms with Crippen molar-refractivity contribution in [2.75, 3.05) is 0 Å². The molecule has 8 aromatic rings. The molecule has 0 radical (unpaired) electrons. The number of para-hydroxylation sites is 3. The maximum absolute atomic E-state index is 6.52. The molecule has 0 N–H and O–H groups in total. The van der Waals surface area contributed by atoms with Crippen LogP contribution in [0.5, 0.6) is 11.5 Å². The third kappa shape index (κ3) is 5.99. The van der Waals surface area contributed by atoms with Gasteiger partial charge in [0.1, 0.15) is 11.5 Å². The molecule has 0 saturated carbocycles. The molecule has 0 bridgehead atoms. The van der Waals surface area contributed by atoms with Crippen LogP contribution in [-0.2, 0) is 26.5 Å². The topological polar surface area (TPSA) is 33.1 Å². The van der Waals surface area contributed by atoms with E-state index in [1.54, 1.807) is 0 Å². The number of hydrogen-bond donors (Lipinski definition) is 0. The molecule has 1 aliphatic heterocycles. The predicted octanol–water partition coefficient (Wildman–Crippen LogP) is 11.4. The van der Waals surface area contributed by atoms with Crippen LogP contribution in [0.1, 0.15) is 26.3 Å². The Kier molecular flexibility index (Phi) is 8.55. The maximum atomic E-state index is 6.52. The summed E-state index contributed by atoms with van der Waals surface area (Å²) in [4.78, 5) is 4.85. The molecule has 0 spiro atoms. The quantitative estimate of drug-likeness (QED) is 0.123. The van der Waals surface area contributed by atoms with Crippen molar-refractivity contribution in [2.45, 2.75) is 26.2 Å². The molecule has 6 heteroatoms. The summed E-state index contributed by atoms with van der Waals surface area (Å²) in [7, 11) is 0. The number of rotatable bonds is 6. The van der Waals surface area contributed by atoms with E-state index in [0.29, 0.717) is 11.5 Å². The van der Waals surface area contributed by atoms with Gasteiger partial charge >= 0.3 is 27.1 Å². The van der Waals surface area contributed by atoms with Gasteiger partial charge in [-0.2, -0.15) is 6.07 Å². The Hall–Kier alpha value is -5.86. The van der Waals surface area contributed by atoms with Crippen LogP contribution in [0.3, 0.4) is 0 Å². The van der Waals surface area contributed by atoms with Crippen LogP contribution in [0, 0.1) is 12.1 Å². The van der Waals surface area contributed by atoms with E-state index >= 15 is 0 Å². The third-order valence-corrected chi connectivity index (χ3v) is 9.41. The summed E-state index contributed by atoms with van der Waals surface area (Å²) in [6.07, 6.45) is 1.91. The van der Waals surface area contributed by atoms with Gasteiger partial charge in [0, 0.05) is 47.5 Å². The van der Waals surface area contributed by atoms with Gasteiger partial charge in [0.2, 0.25) is 5.69 Å². The van der Waals surface area contributed by atoms with Crippen LogP contribution in [0.15, 0.2) is 152 Å². The number of aromatic nitrogens is 2. The van der Waals surface area contributed by atoms with Crippen LogP contribution < -0.4 is 13.9 Å². The maximum Gasteiger partial charge on any atom is 2.00 e. The minimum Gasteiger partial charge on any atom is -0.509 e. The van der Waals surface area contributed by atoms with Gasteiger partial charge in [-0.15, -0.1) is 24.3 Å². The third-order valence-electron chi connectivity index (χ3n) is 9.41. The van der Waals surface area contributed by atoms with E-state index in [9.17, 15) is 0 Å². The number of hydrogen-bond acceptors (Lipinski definition) is 2. The van der Waals surface area contributed by atoms with Crippen molar-refractivity contribution >= 4 is 50.6 Å². The first kappa shape index (κ1) is 33.3. The molecule has 3 heterocycles. The molecule has 0 atom stereocenters. The van der Waals surface area contributed by atoms with Gasteiger partial charge in [0.25, 0.3) is 11.4 Å². The molecule has 0 unspecified atom stereocenters. The molecule has 0 fully saturated rings. The normalized spacial score (nSPS) is 12.3. The Morgan fingerprint density at radius 2 is 1.37 bits per heavy atom. The molecule has 0 saturated heterocycles. The zero-order chi connectivity index (χ0) is 34.5. The number of benzene rings is 6. The van der Waals surface area contributed by atoms with Gasteiger partial charge < -0.3 is 9.30 Å². The molecular formula is C46H34N4OPt+2. The van der Waals surface area contributed by atoms with Crippen LogP contribution in [0.25, 0.3) is 38.8 Å². The number of fused-ring (bicyclic) bond motifs is 4. The van der Waals surface area contributed by atoms with Gasteiger partial charge in [0.05, 0.1) is 0 Å². The molecule has 1 aliphatic rings. The minimum absolute atomic E-state index is 0. The first-order valence-corrected chi connectivity index (χ1v) is 17.1. The smallest absolute Gasteiger partial charge is 0.509 e. The summed E-state index contributed by atoms with van der Waals surface area (Å²) in [5.74, 6) is 2.08. The zero-order valence-corrected chi connectivity index (χ0v) is 31.2. The molecule has 9 rings (SSSR count). The summed E-state index contributed by atoms with van der Waals surface area (Å²) in [5.41, 5.74) is 9.56. The summed E-state index contributed by atoms with van der Waals surface area (Å²) in [6, 6.07) is 60.5. The molecule has 6 aromatic carbocycles. The summed E-state index contributed by atoms with van der Waals surface area (Å²) in [5, 5.41) is 2.18. The molecule has 52 heavy (non-hydrogen) atoms. The minimum atomic E-state index is -0.0123. The molecule has 0 amide bonds. The van der Waals surface area contributed by atoms with Gasteiger partial charge in [-0.25, -0.2) is 4.98 Å². The van der Waals surface area contributed by atoms with E-state index in [1.165, 1.54) is 11.1 Å². The molecule has 2 aromatic heterocycles. The molecule has 252 valence electrons. The molecule has 5 nitrogen and oxygen atoms in total.